The number of aromatic nitrogens is 6. The second-order valence-corrected chi connectivity index (χ2v) is 11.4. The number of Topliss-reactive ketones (excluding diaryl/α,β-unsaturated/α-hetero) is 2. The van der Waals surface area contributed by atoms with Crippen LogP contribution in [-0.4, -0.2) is 39.9 Å². The molecule has 1 unspecified atom stereocenters. The fourth-order valence-corrected chi connectivity index (χ4v) is 6.24. The third-order valence-electron chi connectivity index (χ3n) is 8.41. The van der Waals surface area contributed by atoms with Gasteiger partial charge in [0, 0.05) is 72.6 Å². The molecule has 6 heterocycles. The Morgan fingerprint density at radius 1 is 0.745 bits per heavy atom. The lowest BCUT2D eigenvalue weighted by molar-refractivity contribution is 0.101. The molecule has 0 aromatic carbocycles. The highest BCUT2D eigenvalue weighted by Gasteiger charge is 2.25. The van der Waals surface area contributed by atoms with Gasteiger partial charge in [-0.3, -0.25) is 19.2 Å². The third-order valence-corrected chi connectivity index (χ3v) is 8.41. The van der Waals surface area contributed by atoms with Crippen LogP contribution in [0.5, 0.6) is 0 Å². The fourth-order valence-electron chi connectivity index (χ4n) is 6.24. The molecule has 0 amide bonds. The molecule has 1 atom stereocenters. The summed E-state index contributed by atoms with van der Waals surface area (Å²) in [6.45, 7) is 12.9. The number of hydrogen-bond donors (Lipinski definition) is 0. The van der Waals surface area contributed by atoms with Crippen LogP contribution < -0.4 is 11.1 Å². The quantitative estimate of drug-likeness (QED) is 0.210. The first-order valence-corrected chi connectivity index (χ1v) is 14.8. The summed E-state index contributed by atoms with van der Waals surface area (Å²) in [4.78, 5) is 48.9. The topological polar surface area (TPSA) is 113 Å². The Hall–Kier alpha value is -5.64. The summed E-state index contributed by atoms with van der Waals surface area (Å²) in [5.74, 6) is -0.189. The second-order valence-electron chi connectivity index (χ2n) is 11.4. The summed E-state index contributed by atoms with van der Waals surface area (Å²) >= 11 is 0. The van der Waals surface area contributed by atoms with Crippen molar-refractivity contribution < 1.29 is 9.59 Å². The van der Waals surface area contributed by atoms with Gasteiger partial charge in [-0.25, -0.2) is 9.03 Å². The molecule has 242 valence electrons. The Morgan fingerprint density at radius 2 is 1.26 bits per heavy atom. The SMILES string of the molecule is C.C=C(c1cccn(C)c1=O)c1c(C)c(C(C)=O)c2cccnn12.CC(=O)c1c(C)c(C(C)c2cccn(C)c2=O)n2ncccc12. The largest absolute Gasteiger partial charge is 0.318 e. The van der Waals surface area contributed by atoms with Gasteiger partial charge in [-0.1, -0.05) is 27.0 Å². The van der Waals surface area contributed by atoms with Crippen molar-refractivity contribution in [1.82, 2.24) is 28.4 Å². The van der Waals surface area contributed by atoms with Crippen molar-refractivity contribution in [2.45, 2.75) is 48.0 Å². The molecule has 47 heavy (non-hydrogen) atoms. The van der Waals surface area contributed by atoms with Crippen LogP contribution in [0.3, 0.4) is 0 Å². The van der Waals surface area contributed by atoms with Crippen LogP contribution in [0.2, 0.25) is 0 Å². The number of carbonyl (C=O) groups is 2. The monoisotopic (exact) mass is 632 g/mol. The predicted molar refractivity (Wildman–Crippen MR) is 186 cm³/mol. The first-order chi connectivity index (χ1) is 21.9. The lowest BCUT2D eigenvalue weighted by Crippen LogP contribution is -2.22. The van der Waals surface area contributed by atoms with Gasteiger partial charge >= 0.3 is 0 Å². The van der Waals surface area contributed by atoms with E-state index in [0.29, 0.717) is 33.5 Å². The molecule has 10 nitrogen and oxygen atoms in total. The first kappa shape index (κ1) is 34.2. The van der Waals surface area contributed by atoms with Crippen LogP contribution >= 0.6 is 0 Å². The van der Waals surface area contributed by atoms with Crippen molar-refractivity contribution in [3.05, 3.63) is 145 Å². The minimum Gasteiger partial charge on any atom is -0.318 e. The van der Waals surface area contributed by atoms with Crippen molar-refractivity contribution >= 4 is 28.2 Å². The highest BCUT2D eigenvalue weighted by molar-refractivity contribution is 6.04. The number of pyridine rings is 2. The molecule has 6 aromatic heterocycles. The van der Waals surface area contributed by atoms with Crippen molar-refractivity contribution in [2.75, 3.05) is 0 Å². The molecule has 0 saturated heterocycles. The maximum atomic E-state index is 12.4. The van der Waals surface area contributed by atoms with E-state index in [1.54, 1.807) is 77.6 Å². The maximum Gasteiger partial charge on any atom is 0.258 e. The zero-order valence-corrected chi connectivity index (χ0v) is 27.0. The highest BCUT2D eigenvalue weighted by atomic mass is 16.1. The van der Waals surface area contributed by atoms with Gasteiger partial charge in [-0.15, -0.1) is 0 Å². The van der Waals surface area contributed by atoms with E-state index < -0.39 is 0 Å². The predicted octanol–water partition coefficient (Wildman–Crippen LogP) is 5.94. The van der Waals surface area contributed by atoms with E-state index in [1.807, 2.05) is 51.1 Å². The standard InChI is InChI=1S/C18H19N3O2.C18H17N3O2.CH4/c2*1-11(14-7-6-10-20(4)18(14)23)17-12(2)16(13(3)22)15-8-5-9-19-21(15)17;/h5-11H,1-4H3;5-10H,1H2,2-4H3;1H4. The molecule has 6 rings (SSSR count). The van der Waals surface area contributed by atoms with Crippen molar-refractivity contribution in [3.63, 3.8) is 0 Å². The van der Waals surface area contributed by atoms with E-state index in [4.69, 9.17) is 0 Å². The second kappa shape index (κ2) is 13.4. The lowest BCUT2D eigenvalue weighted by Gasteiger charge is -2.13. The molecule has 10 heteroatoms. The molecule has 0 bridgehead atoms. The lowest BCUT2D eigenvalue weighted by atomic mass is 9.95. The minimum atomic E-state index is -0.162. The first-order valence-electron chi connectivity index (χ1n) is 14.8. The van der Waals surface area contributed by atoms with Gasteiger partial charge < -0.3 is 9.13 Å². The van der Waals surface area contributed by atoms with Gasteiger partial charge in [-0.2, -0.15) is 10.2 Å². The van der Waals surface area contributed by atoms with Crippen LogP contribution in [0, 0.1) is 13.8 Å². The van der Waals surface area contributed by atoms with E-state index in [1.165, 1.54) is 11.5 Å². The Bertz CT molecular complexity index is 2300. The molecule has 0 spiro atoms. The smallest absolute Gasteiger partial charge is 0.258 e. The number of rotatable bonds is 6. The van der Waals surface area contributed by atoms with Crippen LogP contribution in [0.1, 0.15) is 88.5 Å². The Morgan fingerprint density at radius 3 is 1.85 bits per heavy atom. The van der Waals surface area contributed by atoms with Crippen molar-refractivity contribution in [3.8, 4) is 0 Å². The highest BCUT2D eigenvalue weighted by Crippen LogP contribution is 2.32. The third kappa shape index (κ3) is 5.90. The van der Waals surface area contributed by atoms with E-state index in [0.717, 1.165) is 27.9 Å². The van der Waals surface area contributed by atoms with Gasteiger partial charge in [0.05, 0.1) is 22.4 Å². The maximum absolute atomic E-state index is 12.4. The van der Waals surface area contributed by atoms with Crippen molar-refractivity contribution in [1.29, 1.82) is 0 Å². The molecule has 0 aliphatic rings. The summed E-state index contributed by atoms with van der Waals surface area (Å²) in [5.41, 5.74) is 7.62. The number of hydrogen-bond acceptors (Lipinski definition) is 6. The number of ketones is 2. The zero-order valence-electron chi connectivity index (χ0n) is 27.0. The van der Waals surface area contributed by atoms with Gasteiger partial charge in [0.1, 0.15) is 0 Å². The van der Waals surface area contributed by atoms with Gasteiger partial charge in [0.2, 0.25) is 0 Å². The summed E-state index contributed by atoms with van der Waals surface area (Å²) in [5, 5.41) is 8.74. The van der Waals surface area contributed by atoms with Crippen molar-refractivity contribution in [2.24, 2.45) is 14.1 Å². The molecular formula is C37H40N6O4. The molecule has 6 aromatic rings. The van der Waals surface area contributed by atoms with E-state index >= 15 is 0 Å². The normalized spacial score (nSPS) is 11.5. The van der Waals surface area contributed by atoms with E-state index in [9.17, 15) is 19.2 Å². The summed E-state index contributed by atoms with van der Waals surface area (Å²) < 4.78 is 6.53. The average Bonchev–Trinajstić information content (AvgIpc) is 3.49. The van der Waals surface area contributed by atoms with E-state index in [-0.39, 0.29) is 36.0 Å². The number of aryl methyl sites for hydroxylation is 2. The van der Waals surface area contributed by atoms with E-state index in [2.05, 4.69) is 16.8 Å². The molecule has 0 saturated carbocycles. The molecular weight excluding hydrogens is 592 g/mol. The van der Waals surface area contributed by atoms with Crippen LogP contribution in [0.4, 0.5) is 0 Å². The molecule has 0 radical (unpaired) electrons. The number of nitrogens with zero attached hydrogens (tertiary/aromatic N) is 6. The summed E-state index contributed by atoms with van der Waals surface area (Å²) in [7, 11) is 3.43. The summed E-state index contributed by atoms with van der Waals surface area (Å²) in [6.07, 6.45) is 6.77. The van der Waals surface area contributed by atoms with Gasteiger partial charge in [0.15, 0.2) is 11.6 Å². The molecule has 0 fully saturated rings. The Balaban J connectivity index is 0.000000208. The van der Waals surface area contributed by atoms with Crippen LogP contribution in [-0.2, 0) is 14.1 Å². The van der Waals surface area contributed by atoms with Gasteiger partial charge in [0.25, 0.3) is 11.1 Å². The van der Waals surface area contributed by atoms with Crippen LogP contribution in [0.15, 0.2) is 89.5 Å². The zero-order chi connectivity index (χ0) is 33.4. The summed E-state index contributed by atoms with van der Waals surface area (Å²) in [6, 6.07) is 14.6. The average molecular weight is 633 g/mol. The molecule has 0 aliphatic heterocycles. The minimum absolute atomic E-state index is 0. The number of carbonyl (C=O) groups excluding carboxylic acids is 2. The molecule has 0 N–H and O–H groups in total. The Kier molecular flexibility index (Phi) is 9.75. The molecule has 0 aliphatic carbocycles. The Labute approximate surface area is 273 Å². The number of fused-ring (bicyclic) bond motifs is 2. The van der Waals surface area contributed by atoms with Gasteiger partial charge in [-0.05, 0) is 81.3 Å². The van der Waals surface area contributed by atoms with Crippen LogP contribution in [0.25, 0.3) is 16.6 Å². The fraction of sp³-hybridized carbons (Fsp3) is 0.243.